The molecule has 1 N–H and O–H groups in total. The Morgan fingerprint density at radius 1 is 0.850 bits per heavy atom. The number of rotatable bonds is 19. The monoisotopic (exact) mass is 630 g/mol. The molecule has 0 radical (unpaired) electrons. The van der Waals surface area contributed by atoms with Gasteiger partial charge in [-0.05, 0) is 37.6 Å². The van der Waals surface area contributed by atoms with E-state index in [1.807, 2.05) is 42.5 Å². The van der Waals surface area contributed by atoms with Gasteiger partial charge in [0.05, 0.1) is 18.6 Å². The molecular weight excluding hydrogens is 584 g/mol. The number of halogens is 1. The lowest BCUT2D eigenvalue weighted by molar-refractivity contribution is -0.683. The molecule has 0 saturated heterocycles. The van der Waals surface area contributed by atoms with Crippen molar-refractivity contribution in [1.29, 1.82) is 0 Å². The van der Waals surface area contributed by atoms with Crippen LogP contribution in [0.3, 0.4) is 0 Å². The smallest absolute Gasteiger partial charge is 0.255 e. The lowest BCUT2D eigenvalue weighted by atomic mass is 10.1. The van der Waals surface area contributed by atoms with Crippen LogP contribution in [0.5, 0.6) is 11.5 Å². The number of benzene rings is 2. The molecule has 0 fully saturated rings. The number of aromatic nitrogens is 1. The van der Waals surface area contributed by atoms with E-state index >= 15 is 0 Å². The number of amides is 1. The van der Waals surface area contributed by atoms with Crippen molar-refractivity contribution in [3.8, 4) is 11.5 Å². The number of nitrogens with zero attached hydrogens (tertiary/aromatic N) is 1. The maximum absolute atomic E-state index is 12.8. The highest BCUT2D eigenvalue weighted by atomic mass is 79.9. The van der Waals surface area contributed by atoms with Gasteiger partial charge in [0.2, 0.25) is 5.51 Å². The van der Waals surface area contributed by atoms with Crippen molar-refractivity contribution >= 4 is 22.9 Å². The molecule has 220 valence electrons. The highest BCUT2D eigenvalue weighted by Crippen LogP contribution is 2.30. The molecule has 40 heavy (non-hydrogen) atoms. The molecule has 0 atom stereocenters. The molecule has 0 aliphatic rings. The van der Waals surface area contributed by atoms with Gasteiger partial charge in [-0.25, -0.2) is 0 Å². The lowest BCUT2D eigenvalue weighted by Crippen LogP contribution is -3.00. The SMILES string of the molecule is CCCCCCCCCCCCCCOc1ccc(NC(=O)c2ccc(C[n+]3csc(C)c3)cc2)cc1OC.[Br-]. The largest absolute Gasteiger partial charge is 1.00 e. The third-order valence-corrected chi connectivity index (χ3v) is 7.83. The van der Waals surface area contributed by atoms with Gasteiger partial charge in [-0.3, -0.25) is 4.79 Å². The highest BCUT2D eigenvalue weighted by molar-refractivity contribution is 7.09. The van der Waals surface area contributed by atoms with Gasteiger partial charge in [0.15, 0.2) is 24.2 Å². The molecule has 0 unspecified atom stereocenters. The van der Waals surface area contributed by atoms with Crippen molar-refractivity contribution in [2.75, 3.05) is 19.0 Å². The first-order valence-electron chi connectivity index (χ1n) is 14.7. The Balaban J connectivity index is 0.00000560. The van der Waals surface area contributed by atoms with Gasteiger partial charge in [-0.1, -0.05) is 101 Å². The molecule has 0 saturated carbocycles. The van der Waals surface area contributed by atoms with Crippen LogP contribution in [0.15, 0.2) is 54.2 Å². The van der Waals surface area contributed by atoms with E-state index < -0.39 is 0 Å². The number of hydrogen-bond donors (Lipinski definition) is 1. The minimum Gasteiger partial charge on any atom is -1.00 e. The van der Waals surface area contributed by atoms with Crippen molar-refractivity contribution in [2.45, 2.75) is 97.4 Å². The van der Waals surface area contributed by atoms with Gasteiger partial charge in [-0.2, -0.15) is 4.57 Å². The van der Waals surface area contributed by atoms with E-state index in [9.17, 15) is 4.79 Å². The summed E-state index contributed by atoms with van der Waals surface area (Å²) in [6.45, 7) is 5.84. The standard InChI is InChI=1S/C33H46N2O3S.BrH/c1-4-5-6-7-8-9-10-11-12-13-14-15-22-38-31-21-20-30(23-32(31)37-3)34-33(36)29-18-16-28(17-19-29)25-35-24-27(2)39-26-35;/h16-21,23-24,26H,4-15,22,25H2,1-3H3;1H. The van der Waals surface area contributed by atoms with Crippen molar-refractivity contribution in [1.82, 2.24) is 0 Å². The van der Waals surface area contributed by atoms with Crippen LogP contribution in [0, 0.1) is 6.92 Å². The van der Waals surface area contributed by atoms with Crippen molar-refractivity contribution in [2.24, 2.45) is 0 Å². The Morgan fingerprint density at radius 2 is 1.48 bits per heavy atom. The van der Waals surface area contributed by atoms with Gasteiger partial charge in [0.1, 0.15) is 0 Å². The summed E-state index contributed by atoms with van der Waals surface area (Å²) in [5, 5.41) is 2.97. The summed E-state index contributed by atoms with van der Waals surface area (Å²) >= 11 is 1.73. The summed E-state index contributed by atoms with van der Waals surface area (Å²) in [5.74, 6) is 1.20. The Morgan fingerprint density at radius 3 is 2.05 bits per heavy atom. The van der Waals surface area contributed by atoms with Crippen LogP contribution < -0.4 is 36.3 Å². The van der Waals surface area contributed by atoms with Crippen molar-refractivity contribution < 1.29 is 35.8 Å². The first-order chi connectivity index (χ1) is 19.1. The second-order valence-corrected chi connectivity index (χ2v) is 11.5. The predicted molar refractivity (Wildman–Crippen MR) is 162 cm³/mol. The first kappa shape index (κ1) is 33.8. The normalized spacial score (nSPS) is 10.7. The fourth-order valence-corrected chi connectivity index (χ4v) is 5.33. The van der Waals surface area contributed by atoms with Gasteiger partial charge >= 0.3 is 0 Å². The molecule has 5 nitrogen and oxygen atoms in total. The summed E-state index contributed by atoms with van der Waals surface area (Å²) in [4.78, 5) is 14.1. The molecule has 0 aliphatic carbocycles. The van der Waals surface area contributed by atoms with Crippen molar-refractivity contribution in [3.63, 3.8) is 0 Å². The van der Waals surface area contributed by atoms with E-state index in [4.69, 9.17) is 9.47 Å². The third kappa shape index (κ3) is 12.4. The van der Waals surface area contributed by atoms with Crippen LogP contribution in [0.1, 0.15) is 105 Å². The summed E-state index contributed by atoms with van der Waals surface area (Å²) in [7, 11) is 1.63. The minimum atomic E-state index is -0.146. The number of carbonyl (C=O) groups is 1. The molecular formula is C33H47BrN2O3S. The zero-order valence-corrected chi connectivity index (χ0v) is 27.0. The maximum atomic E-state index is 12.8. The lowest BCUT2D eigenvalue weighted by Gasteiger charge is -2.13. The Bertz CT molecular complexity index is 1120. The molecule has 1 amide bonds. The molecule has 2 aromatic carbocycles. The van der Waals surface area contributed by atoms with Crippen LogP contribution in [0.25, 0.3) is 0 Å². The van der Waals surface area contributed by atoms with E-state index in [1.165, 1.54) is 75.5 Å². The fourth-order valence-electron chi connectivity index (χ4n) is 4.69. The number of hydrogen-bond acceptors (Lipinski definition) is 4. The number of ether oxygens (including phenoxy) is 2. The second-order valence-electron chi connectivity index (χ2n) is 10.4. The molecule has 0 bridgehead atoms. The molecule has 0 spiro atoms. The van der Waals surface area contributed by atoms with Crippen LogP contribution >= 0.6 is 11.3 Å². The fraction of sp³-hybridized carbons (Fsp3) is 0.515. The summed E-state index contributed by atoms with van der Waals surface area (Å²) in [6, 6.07) is 13.3. The summed E-state index contributed by atoms with van der Waals surface area (Å²) in [6.07, 6.45) is 18.0. The van der Waals surface area contributed by atoms with E-state index in [0.717, 1.165) is 18.5 Å². The number of unbranched alkanes of at least 4 members (excludes halogenated alkanes) is 11. The minimum absolute atomic E-state index is 0. The Hall–Kier alpha value is -2.38. The number of nitrogens with one attached hydrogen (secondary N) is 1. The molecule has 0 aliphatic heterocycles. The van der Waals surface area contributed by atoms with Crippen LogP contribution in [-0.2, 0) is 6.54 Å². The first-order valence-corrected chi connectivity index (χ1v) is 15.6. The number of anilines is 1. The number of carbonyl (C=O) groups excluding carboxylic acids is 1. The molecule has 7 heteroatoms. The molecule has 1 aromatic heterocycles. The van der Waals surface area contributed by atoms with Crippen molar-refractivity contribution in [3.05, 3.63) is 70.2 Å². The van der Waals surface area contributed by atoms with Crippen LogP contribution in [0.2, 0.25) is 0 Å². The topological polar surface area (TPSA) is 51.4 Å². The van der Waals surface area contributed by atoms with Gasteiger partial charge < -0.3 is 31.8 Å². The Kier molecular flexibility index (Phi) is 16.6. The van der Waals surface area contributed by atoms with Gasteiger partial charge in [0.25, 0.3) is 5.91 Å². The molecule has 3 rings (SSSR count). The average Bonchev–Trinajstić information content (AvgIpc) is 3.36. The van der Waals surface area contributed by atoms with E-state index in [2.05, 4.69) is 35.4 Å². The third-order valence-electron chi connectivity index (χ3n) is 6.98. The number of aryl methyl sites for hydroxylation is 1. The highest BCUT2D eigenvalue weighted by Gasteiger charge is 2.11. The van der Waals surface area contributed by atoms with E-state index in [1.54, 1.807) is 18.4 Å². The zero-order chi connectivity index (χ0) is 27.7. The van der Waals surface area contributed by atoms with E-state index in [-0.39, 0.29) is 22.9 Å². The van der Waals surface area contributed by atoms with E-state index in [0.29, 0.717) is 29.4 Å². The van der Waals surface area contributed by atoms with Crippen LogP contribution in [-0.4, -0.2) is 19.6 Å². The number of thiazole rings is 1. The average molecular weight is 632 g/mol. The molecule has 3 aromatic rings. The van der Waals surface area contributed by atoms with Gasteiger partial charge in [-0.15, -0.1) is 0 Å². The predicted octanol–water partition coefficient (Wildman–Crippen LogP) is 5.74. The van der Waals surface area contributed by atoms with Crippen LogP contribution in [0.4, 0.5) is 5.69 Å². The summed E-state index contributed by atoms with van der Waals surface area (Å²) in [5.41, 5.74) is 4.57. The summed E-state index contributed by atoms with van der Waals surface area (Å²) < 4.78 is 13.7. The second kappa shape index (κ2) is 19.7. The Labute approximate surface area is 256 Å². The number of methoxy groups -OCH3 is 1. The quantitative estimate of drug-likeness (QED) is 0.136. The van der Waals surface area contributed by atoms with Gasteiger partial charge in [0, 0.05) is 22.9 Å². The molecule has 1 heterocycles. The maximum Gasteiger partial charge on any atom is 0.255 e. The zero-order valence-electron chi connectivity index (χ0n) is 24.6.